The summed E-state index contributed by atoms with van der Waals surface area (Å²) in [6, 6.07) is -6.21. The molecule has 21 nitrogen and oxygen atoms in total. The summed E-state index contributed by atoms with van der Waals surface area (Å²) in [6.45, 7) is 18.8. The van der Waals surface area contributed by atoms with Crippen molar-refractivity contribution in [3.63, 3.8) is 0 Å². The van der Waals surface area contributed by atoms with Gasteiger partial charge in [-0.25, -0.2) is 0 Å². The molecule has 0 aromatic heterocycles. The van der Waals surface area contributed by atoms with Crippen molar-refractivity contribution in [2.75, 3.05) is 19.6 Å². The summed E-state index contributed by atoms with van der Waals surface area (Å²) in [4.78, 5) is 125. The Morgan fingerprint density at radius 3 is 1.65 bits per heavy atom. The summed E-state index contributed by atoms with van der Waals surface area (Å²) in [7, 11) is 0. The Morgan fingerprint density at radius 2 is 1.13 bits per heavy atom. The van der Waals surface area contributed by atoms with Gasteiger partial charge in [0.1, 0.15) is 41.3 Å². The smallest absolute Gasteiger partial charge is 0.246 e. The standard InChI is InChI=1S/C50H90N10O11/c1-12-13-14-15-16-17-18-19-40(64)59-27-34(62)25-38(59)46(69)60-28-33(61)24-37(60)44(67)56-41(31(6)7)45(68)58-50(10,11)47(70)54-35(20-21-39(52)63)43(66)57-49(8,9)48(71)55-36(23-30(4)5)42(65)53-32(26-51)22-29(2)3/h29-38,41,61-62H,12-28,51H2,1-11H3,(H2,52,63)(H,53,65)(H,54,70)(H,55,71)(H,56,67)(H,57,66)(H,58,68)/t32-,33+,34+,35-,36-,37-,38-,41-/m0/s1. The second-order valence-corrected chi connectivity index (χ2v) is 21.9. The normalized spacial score (nSPS) is 20.0. The lowest BCUT2D eigenvalue weighted by molar-refractivity contribution is -0.147. The van der Waals surface area contributed by atoms with Gasteiger partial charge in [0, 0.05) is 51.4 Å². The Labute approximate surface area is 421 Å². The fourth-order valence-corrected chi connectivity index (χ4v) is 8.90. The maximum Gasteiger partial charge on any atom is 0.246 e. The molecule has 8 atom stereocenters. The number of amides is 9. The molecule has 406 valence electrons. The quantitative estimate of drug-likeness (QED) is 0.0446. The molecule has 0 aromatic carbocycles. The van der Waals surface area contributed by atoms with E-state index in [1.165, 1.54) is 37.5 Å². The second-order valence-electron chi connectivity index (χ2n) is 21.9. The van der Waals surface area contributed by atoms with Crippen molar-refractivity contribution in [3.8, 4) is 0 Å². The lowest BCUT2D eigenvalue weighted by Crippen LogP contribution is -2.65. The zero-order chi connectivity index (χ0) is 54.0. The van der Waals surface area contributed by atoms with Crippen LogP contribution in [0.5, 0.6) is 0 Å². The van der Waals surface area contributed by atoms with Gasteiger partial charge in [-0.05, 0) is 71.1 Å². The first-order valence-electron chi connectivity index (χ1n) is 25.9. The van der Waals surface area contributed by atoms with Gasteiger partial charge >= 0.3 is 0 Å². The Kier molecular flexibility index (Phi) is 25.4. The minimum atomic E-state index is -1.75. The fourth-order valence-electron chi connectivity index (χ4n) is 8.90. The molecule has 2 heterocycles. The minimum absolute atomic E-state index is 0.00430. The number of β-amino-alcohol motifs (C(OH)–C–C–N with tert-alkyl or cyclic N) is 2. The van der Waals surface area contributed by atoms with Gasteiger partial charge in [0.05, 0.1) is 12.2 Å². The Hall–Kier alpha value is -4.89. The van der Waals surface area contributed by atoms with Crippen LogP contribution in [-0.2, 0) is 43.2 Å². The van der Waals surface area contributed by atoms with Gasteiger partial charge in [-0.15, -0.1) is 0 Å². The molecule has 12 N–H and O–H groups in total. The molecule has 2 rings (SSSR count). The summed E-state index contributed by atoms with van der Waals surface area (Å²) >= 11 is 0. The van der Waals surface area contributed by atoms with Gasteiger partial charge in [-0.3, -0.25) is 43.2 Å². The molecule has 0 unspecified atom stereocenters. The summed E-state index contributed by atoms with van der Waals surface area (Å²) in [5.41, 5.74) is 7.93. The average Bonchev–Trinajstić information content (AvgIpc) is 3.86. The topological polar surface area (TPSA) is 325 Å². The number of rotatable bonds is 30. The number of nitrogens with one attached hydrogen (secondary N) is 6. The highest BCUT2D eigenvalue weighted by Crippen LogP contribution is 2.27. The first-order chi connectivity index (χ1) is 33.0. The van der Waals surface area contributed by atoms with Crippen LogP contribution in [0.2, 0.25) is 0 Å². The molecule has 2 saturated heterocycles. The van der Waals surface area contributed by atoms with Crippen LogP contribution in [0.25, 0.3) is 0 Å². The monoisotopic (exact) mass is 1010 g/mol. The van der Waals surface area contributed by atoms with Crippen molar-refractivity contribution in [1.82, 2.24) is 41.7 Å². The number of unbranched alkanes of at least 4 members (excludes halogenated alkanes) is 6. The molecular formula is C50H90N10O11. The third kappa shape index (κ3) is 20.3. The van der Waals surface area contributed by atoms with E-state index in [-0.39, 0.29) is 81.9 Å². The highest BCUT2D eigenvalue weighted by atomic mass is 16.3. The van der Waals surface area contributed by atoms with Crippen molar-refractivity contribution >= 4 is 53.2 Å². The number of aliphatic hydroxyl groups excluding tert-OH is 2. The fraction of sp³-hybridized carbons (Fsp3) is 0.820. The molecule has 2 aliphatic heterocycles. The number of nitrogens with two attached hydrogens (primary N) is 2. The Bertz CT molecular complexity index is 1830. The van der Waals surface area contributed by atoms with E-state index >= 15 is 0 Å². The number of likely N-dealkylation sites (tertiary alicyclic amines) is 2. The van der Waals surface area contributed by atoms with E-state index in [4.69, 9.17) is 11.5 Å². The molecule has 2 aliphatic rings. The molecule has 0 spiro atoms. The second kappa shape index (κ2) is 29.0. The average molecular weight is 1010 g/mol. The first kappa shape index (κ1) is 62.2. The van der Waals surface area contributed by atoms with Gasteiger partial charge in [0.2, 0.25) is 53.2 Å². The molecule has 0 bridgehead atoms. The maximum absolute atomic E-state index is 14.1. The van der Waals surface area contributed by atoms with Gasteiger partial charge in [-0.2, -0.15) is 0 Å². The molecule has 21 heteroatoms. The van der Waals surface area contributed by atoms with Crippen molar-refractivity contribution in [2.45, 2.75) is 226 Å². The van der Waals surface area contributed by atoms with Gasteiger partial charge < -0.3 is 63.4 Å². The number of nitrogens with zero attached hydrogens (tertiary/aromatic N) is 2. The number of carbonyl (C=O) groups is 9. The van der Waals surface area contributed by atoms with Crippen molar-refractivity contribution in [1.29, 1.82) is 0 Å². The van der Waals surface area contributed by atoms with E-state index in [0.717, 1.165) is 38.5 Å². The van der Waals surface area contributed by atoms with Crippen LogP contribution in [0, 0.1) is 17.8 Å². The highest BCUT2D eigenvalue weighted by molar-refractivity contribution is 5.99. The predicted octanol–water partition coefficient (Wildman–Crippen LogP) is 0.752. The first-order valence-corrected chi connectivity index (χ1v) is 25.9. The van der Waals surface area contributed by atoms with Crippen molar-refractivity contribution in [3.05, 3.63) is 0 Å². The number of hydrogen-bond donors (Lipinski definition) is 10. The molecule has 2 fully saturated rings. The largest absolute Gasteiger partial charge is 0.391 e. The predicted molar refractivity (Wildman–Crippen MR) is 268 cm³/mol. The van der Waals surface area contributed by atoms with E-state index in [9.17, 15) is 53.4 Å². The van der Waals surface area contributed by atoms with Gasteiger partial charge in [0.15, 0.2) is 0 Å². The van der Waals surface area contributed by atoms with Crippen LogP contribution < -0.4 is 43.4 Å². The zero-order valence-corrected chi connectivity index (χ0v) is 44.5. The number of carbonyl (C=O) groups excluding carboxylic acids is 9. The lowest BCUT2D eigenvalue weighted by atomic mass is 9.97. The zero-order valence-electron chi connectivity index (χ0n) is 44.5. The van der Waals surface area contributed by atoms with Crippen LogP contribution in [0.4, 0.5) is 0 Å². The minimum Gasteiger partial charge on any atom is -0.391 e. The van der Waals surface area contributed by atoms with E-state index in [1.54, 1.807) is 13.8 Å². The molecule has 9 amide bonds. The van der Waals surface area contributed by atoms with Crippen LogP contribution in [0.1, 0.15) is 166 Å². The molecular weight excluding hydrogens is 917 g/mol. The Morgan fingerprint density at radius 1 is 0.620 bits per heavy atom. The highest BCUT2D eigenvalue weighted by Gasteiger charge is 2.47. The molecule has 0 saturated carbocycles. The number of hydrogen-bond acceptors (Lipinski definition) is 12. The maximum atomic E-state index is 14.1. The molecule has 0 aliphatic carbocycles. The summed E-state index contributed by atoms with van der Waals surface area (Å²) in [6.07, 6.45) is 5.36. The SMILES string of the molecule is CCCCCCCCCC(=O)N1C[C@H](O)C[C@H]1C(=O)N1C[C@H](O)C[C@H]1C(=O)N[C@H](C(=O)NC(C)(C)C(=O)N[C@@H](CCC(N)=O)C(=O)NC(C)(C)C(=O)N[C@@H](CC(C)C)C(=O)N[C@H](CN)CC(C)C)C(C)C. The third-order valence-electron chi connectivity index (χ3n) is 13.0. The number of primary amides is 1. The molecule has 0 aromatic rings. The summed E-state index contributed by atoms with van der Waals surface area (Å²) in [5.74, 6) is -6.31. The van der Waals surface area contributed by atoms with E-state index < -0.39 is 107 Å². The molecule has 71 heavy (non-hydrogen) atoms. The third-order valence-corrected chi connectivity index (χ3v) is 13.0. The van der Waals surface area contributed by atoms with Crippen LogP contribution >= 0.6 is 0 Å². The van der Waals surface area contributed by atoms with Gasteiger partial charge in [-0.1, -0.05) is 87.0 Å². The van der Waals surface area contributed by atoms with Crippen molar-refractivity contribution in [2.24, 2.45) is 29.2 Å². The lowest BCUT2D eigenvalue weighted by Gasteiger charge is -2.34. The van der Waals surface area contributed by atoms with Crippen molar-refractivity contribution < 1.29 is 53.4 Å². The Balaban J connectivity index is 2.20. The summed E-state index contributed by atoms with van der Waals surface area (Å²) < 4.78 is 0. The summed E-state index contributed by atoms with van der Waals surface area (Å²) in [5, 5.41) is 37.4. The van der Waals surface area contributed by atoms with E-state index in [1.807, 2.05) is 27.7 Å². The van der Waals surface area contributed by atoms with E-state index in [2.05, 4.69) is 38.8 Å². The molecule has 0 radical (unpaired) electrons. The van der Waals surface area contributed by atoms with E-state index in [0.29, 0.717) is 12.8 Å². The van der Waals surface area contributed by atoms with Crippen LogP contribution in [0.3, 0.4) is 0 Å². The number of aliphatic hydroxyl groups is 2. The van der Waals surface area contributed by atoms with Gasteiger partial charge in [0.25, 0.3) is 0 Å². The van der Waals surface area contributed by atoms with Crippen LogP contribution in [-0.4, -0.2) is 152 Å². The van der Waals surface area contributed by atoms with Crippen LogP contribution in [0.15, 0.2) is 0 Å².